The summed E-state index contributed by atoms with van der Waals surface area (Å²) >= 11 is 1.30. The molecular weight excluding hydrogens is 410 g/mol. The zero-order chi connectivity index (χ0) is 21.5. The number of nitrogens with zero attached hydrogens (tertiary/aromatic N) is 5. The quantitative estimate of drug-likeness (QED) is 0.553. The average Bonchev–Trinajstić information content (AvgIpc) is 3.27. The van der Waals surface area contributed by atoms with Crippen LogP contribution in [-0.2, 0) is 0 Å². The van der Waals surface area contributed by atoms with E-state index in [0.29, 0.717) is 22.7 Å². The van der Waals surface area contributed by atoms with E-state index in [2.05, 4.69) is 73.0 Å². The number of likely N-dealkylation sites (N-methyl/N-ethyl adjacent to an activating group) is 1. The smallest absolute Gasteiger partial charge is 0.321 e. The molecule has 0 radical (unpaired) electrons. The lowest BCUT2D eigenvalue weighted by atomic mass is 10.0. The molecular formula is C22H27N7OS. The number of urea groups is 1. The highest BCUT2D eigenvalue weighted by Crippen LogP contribution is 2.25. The minimum Gasteiger partial charge on any atom is -0.338 e. The molecule has 2 aromatic heterocycles. The lowest BCUT2D eigenvalue weighted by Gasteiger charge is -2.40. The molecule has 2 N–H and O–H groups in total. The summed E-state index contributed by atoms with van der Waals surface area (Å²) in [6.07, 6.45) is 2.59. The van der Waals surface area contributed by atoms with E-state index in [0.717, 1.165) is 38.3 Å². The number of amides is 2. The fourth-order valence-electron chi connectivity index (χ4n) is 3.71. The van der Waals surface area contributed by atoms with E-state index in [1.165, 1.54) is 16.9 Å². The summed E-state index contributed by atoms with van der Waals surface area (Å²) in [4.78, 5) is 21.4. The molecule has 1 aliphatic heterocycles. The number of carbonyl (C=O) groups excluding carboxylic acids is 1. The van der Waals surface area contributed by atoms with Crippen molar-refractivity contribution < 1.29 is 4.79 Å². The number of nitrogens with one attached hydrogen (secondary N) is 2. The summed E-state index contributed by atoms with van der Waals surface area (Å²) in [6, 6.07) is 16.4. The van der Waals surface area contributed by atoms with Crippen molar-refractivity contribution >= 4 is 22.5 Å². The van der Waals surface area contributed by atoms with Gasteiger partial charge in [-0.15, -0.1) is 10.2 Å². The van der Waals surface area contributed by atoms with E-state index >= 15 is 0 Å². The number of piperazine rings is 1. The number of carbonyl (C=O) groups is 1. The molecule has 3 aromatic rings. The standard InChI is InChI=1S/C22H27N7OS/c1-28-14-15-29(19(16-28)17-8-3-2-4-9-17)13-7-12-24-21(30)25-22-27-26-20(31-22)18-10-5-6-11-23-18/h2-6,8-11,19H,7,12-16H2,1H3,(H2,24,25,27,30). The number of aromatic nitrogens is 3. The van der Waals surface area contributed by atoms with Gasteiger partial charge in [-0.25, -0.2) is 4.79 Å². The lowest BCUT2D eigenvalue weighted by molar-refractivity contribution is 0.0890. The number of rotatable bonds is 7. The minimum atomic E-state index is -0.262. The molecule has 0 bridgehead atoms. The van der Waals surface area contributed by atoms with Crippen LogP contribution in [0.2, 0.25) is 0 Å². The maximum absolute atomic E-state index is 12.2. The van der Waals surface area contributed by atoms with Crippen molar-refractivity contribution in [3.63, 3.8) is 0 Å². The van der Waals surface area contributed by atoms with Crippen LogP contribution in [0.15, 0.2) is 54.7 Å². The molecule has 9 heteroatoms. The molecule has 0 aliphatic carbocycles. The third kappa shape index (κ3) is 5.84. The van der Waals surface area contributed by atoms with Crippen LogP contribution in [0.5, 0.6) is 0 Å². The van der Waals surface area contributed by atoms with E-state index in [1.54, 1.807) is 6.20 Å². The van der Waals surface area contributed by atoms with Crippen molar-refractivity contribution in [3.05, 3.63) is 60.3 Å². The summed E-state index contributed by atoms with van der Waals surface area (Å²) in [6.45, 7) is 4.66. The van der Waals surface area contributed by atoms with Crippen molar-refractivity contribution in [2.24, 2.45) is 0 Å². The van der Waals surface area contributed by atoms with Crippen molar-refractivity contribution in [3.8, 4) is 10.7 Å². The second-order valence-corrected chi connectivity index (χ2v) is 8.56. The highest BCUT2D eigenvalue weighted by Gasteiger charge is 2.25. The summed E-state index contributed by atoms with van der Waals surface area (Å²) in [5, 5.41) is 14.9. The van der Waals surface area contributed by atoms with Gasteiger partial charge in [0.1, 0.15) is 5.69 Å². The molecule has 1 atom stereocenters. The zero-order valence-electron chi connectivity index (χ0n) is 17.6. The molecule has 1 saturated heterocycles. The largest absolute Gasteiger partial charge is 0.338 e. The molecule has 162 valence electrons. The van der Waals surface area contributed by atoms with Crippen LogP contribution in [0, 0.1) is 0 Å². The van der Waals surface area contributed by atoms with Gasteiger partial charge in [0.05, 0.1) is 0 Å². The molecule has 2 amide bonds. The Labute approximate surface area is 186 Å². The van der Waals surface area contributed by atoms with Crippen molar-refractivity contribution in [1.82, 2.24) is 30.3 Å². The van der Waals surface area contributed by atoms with E-state index in [9.17, 15) is 4.79 Å². The highest BCUT2D eigenvalue weighted by atomic mass is 32.1. The lowest BCUT2D eigenvalue weighted by Crippen LogP contribution is -2.47. The Hall–Kier alpha value is -2.88. The molecule has 1 unspecified atom stereocenters. The first-order chi connectivity index (χ1) is 15.2. The Morgan fingerprint density at radius 3 is 2.77 bits per heavy atom. The number of hydrogen-bond acceptors (Lipinski definition) is 7. The average molecular weight is 438 g/mol. The van der Waals surface area contributed by atoms with Gasteiger partial charge in [0.2, 0.25) is 5.13 Å². The Morgan fingerprint density at radius 1 is 1.13 bits per heavy atom. The maximum Gasteiger partial charge on any atom is 0.321 e. The molecule has 1 fully saturated rings. The van der Waals surface area contributed by atoms with Crippen LogP contribution in [-0.4, -0.2) is 70.8 Å². The van der Waals surface area contributed by atoms with Crippen molar-refractivity contribution in [2.45, 2.75) is 12.5 Å². The molecule has 1 aliphatic rings. The SMILES string of the molecule is CN1CCN(CCCNC(=O)Nc2nnc(-c3ccccn3)s2)C(c2ccccc2)C1. The molecule has 8 nitrogen and oxygen atoms in total. The van der Waals surface area contributed by atoms with E-state index < -0.39 is 0 Å². The van der Waals surface area contributed by atoms with E-state index in [1.807, 2.05) is 18.2 Å². The second kappa shape index (κ2) is 10.4. The first-order valence-corrected chi connectivity index (χ1v) is 11.3. The van der Waals surface area contributed by atoms with Crippen LogP contribution in [0.1, 0.15) is 18.0 Å². The van der Waals surface area contributed by atoms with Gasteiger partial charge in [0, 0.05) is 45.0 Å². The van der Waals surface area contributed by atoms with Crippen LogP contribution in [0.4, 0.5) is 9.93 Å². The van der Waals surface area contributed by atoms with Crippen LogP contribution < -0.4 is 10.6 Å². The van der Waals surface area contributed by atoms with E-state index in [4.69, 9.17) is 0 Å². The number of hydrogen-bond donors (Lipinski definition) is 2. The Bertz CT molecular complexity index is 966. The number of pyridine rings is 1. The molecule has 1 aromatic carbocycles. The fourth-order valence-corrected chi connectivity index (χ4v) is 4.42. The van der Waals surface area contributed by atoms with Gasteiger partial charge in [-0.3, -0.25) is 15.2 Å². The fraction of sp³-hybridized carbons (Fsp3) is 0.364. The van der Waals surface area contributed by atoms with Gasteiger partial charge in [-0.05, 0) is 31.2 Å². The molecule has 0 spiro atoms. The molecule has 4 rings (SSSR count). The van der Waals surface area contributed by atoms with Gasteiger partial charge in [0.15, 0.2) is 5.01 Å². The molecule has 3 heterocycles. The maximum atomic E-state index is 12.2. The number of anilines is 1. The molecule has 0 saturated carbocycles. The summed E-state index contributed by atoms with van der Waals surface area (Å²) in [5.41, 5.74) is 2.09. The van der Waals surface area contributed by atoms with Gasteiger partial charge >= 0.3 is 6.03 Å². The minimum absolute atomic E-state index is 0.262. The Balaban J connectivity index is 1.23. The van der Waals surface area contributed by atoms with Crippen molar-refractivity contribution in [2.75, 3.05) is 45.1 Å². The summed E-state index contributed by atoms with van der Waals surface area (Å²) in [7, 11) is 2.17. The topological polar surface area (TPSA) is 86.3 Å². The zero-order valence-corrected chi connectivity index (χ0v) is 18.4. The van der Waals surface area contributed by atoms with Gasteiger partial charge < -0.3 is 10.2 Å². The van der Waals surface area contributed by atoms with Gasteiger partial charge in [-0.2, -0.15) is 0 Å². The Kier molecular flexibility index (Phi) is 7.18. The van der Waals surface area contributed by atoms with Crippen LogP contribution >= 0.6 is 11.3 Å². The highest BCUT2D eigenvalue weighted by molar-refractivity contribution is 7.18. The first-order valence-electron chi connectivity index (χ1n) is 10.5. The third-order valence-electron chi connectivity index (χ3n) is 5.32. The monoisotopic (exact) mass is 437 g/mol. The predicted octanol–water partition coefficient (Wildman–Crippen LogP) is 3.10. The number of benzene rings is 1. The second-order valence-electron chi connectivity index (χ2n) is 7.59. The third-order valence-corrected chi connectivity index (χ3v) is 6.18. The Morgan fingerprint density at radius 2 is 1.97 bits per heavy atom. The normalized spacial score (nSPS) is 17.4. The van der Waals surface area contributed by atoms with Crippen molar-refractivity contribution in [1.29, 1.82) is 0 Å². The first kappa shape index (κ1) is 21.4. The molecule has 31 heavy (non-hydrogen) atoms. The van der Waals surface area contributed by atoms with Gasteiger partial charge in [0.25, 0.3) is 0 Å². The van der Waals surface area contributed by atoms with Crippen LogP contribution in [0.25, 0.3) is 10.7 Å². The summed E-state index contributed by atoms with van der Waals surface area (Å²) < 4.78 is 0. The predicted molar refractivity (Wildman–Crippen MR) is 123 cm³/mol. The summed E-state index contributed by atoms with van der Waals surface area (Å²) in [5.74, 6) is 0. The van der Waals surface area contributed by atoms with Gasteiger partial charge in [-0.1, -0.05) is 47.7 Å². The van der Waals surface area contributed by atoms with Crippen LogP contribution in [0.3, 0.4) is 0 Å². The van der Waals surface area contributed by atoms with E-state index in [-0.39, 0.29) is 6.03 Å².